The van der Waals surface area contributed by atoms with E-state index in [1.807, 2.05) is 0 Å². The lowest BCUT2D eigenvalue weighted by Gasteiger charge is -2.34. The molecule has 0 aromatic carbocycles. The van der Waals surface area contributed by atoms with E-state index in [2.05, 4.69) is 17.2 Å². The average Bonchev–Trinajstić information content (AvgIpc) is 2.64. The number of carbonyl (C=O) groups excluding carboxylic acids is 1. The van der Waals surface area contributed by atoms with Gasteiger partial charge in [0.15, 0.2) is 11.1 Å². The van der Waals surface area contributed by atoms with Gasteiger partial charge < -0.3 is 25.4 Å². The van der Waals surface area contributed by atoms with Gasteiger partial charge in [0.25, 0.3) is 0 Å². The van der Waals surface area contributed by atoms with Gasteiger partial charge in [0.05, 0.1) is 6.10 Å². The Morgan fingerprint density at radius 3 is 2.76 bits per heavy atom. The molecule has 2 rings (SSSR count). The summed E-state index contributed by atoms with van der Waals surface area (Å²) in [6.07, 6.45) is -2.85. The molecule has 1 saturated heterocycles. The van der Waals surface area contributed by atoms with Gasteiger partial charge in [-0.05, 0) is 19.9 Å². The van der Waals surface area contributed by atoms with Crippen LogP contribution in [0.5, 0.6) is 0 Å². The maximum atomic E-state index is 11.9. The van der Waals surface area contributed by atoms with E-state index >= 15 is 0 Å². The zero-order valence-corrected chi connectivity index (χ0v) is 12.3. The first kappa shape index (κ1) is 16.1. The fourth-order valence-electron chi connectivity index (χ4n) is 2.36. The number of nitrogens with zero attached hydrogens (tertiary/aromatic N) is 1. The molecule has 4 N–H and O–H groups in total. The summed E-state index contributed by atoms with van der Waals surface area (Å²) < 4.78 is 5.55. The van der Waals surface area contributed by atoms with E-state index in [-0.39, 0.29) is 0 Å². The lowest BCUT2D eigenvalue weighted by Crippen LogP contribution is -2.56. The number of urea groups is 1. The van der Waals surface area contributed by atoms with E-state index in [0.717, 1.165) is 4.90 Å². The molecule has 0 aromatic rings. The van der Waals surface area contributed by atoms with Crippen molar-refractivity contribution in [1.82, 2.24) is 10.2 Å². The molecule has 2 amide bonds. The summed E-state index contributed by atoms with van der Waals surface area (Å²) in [6.45, 7) is 2.99. The second kappa shape index (κ2) is 5.83. The van der Waals surface area contributed by atoms with Gasteiger partial charge in [-0.2, -0.15) is 0 Å². The lowest BCUT2D eigenvalue weighted by atomic mass is 9.96. The molecule has 21 heavy (non-hydrogen) atoms. The van der Waals surface area contributed by atoms with Gasteiger partial charge in [-0.1, -0.05) is 17.5 Å². The van der Waals surface area contributed by atoms with Crippen molar-refractivity contribution < 1.29 is 24.9 Å². The molecular weight excluding hydrogens is 300 g/mol. The van der Waals surface area contributed by atoms with Gasteiger partial charge in [0, 0.05) is 6.20 Å². The number of hydrogen-bond donors (Lipinski definition) is 4. The van der Waals surface area contributed by atoms with Gasteiger partial charge in [-0.15, -0.1) is 5.92 Å². The normalized spacial score (nSPS) is 40.5. The Hall–Kier alpha value is -1.30. The summed E-state index contributed by atoms with van der Waals surface area (Å²) in [4.78, 5) is 11.4. The Morgan fingerprint density at radius 2 is 2.24 bits per heavy atom. The largest absolute Gasteiger partial charge is 0.391 e. The Kier molecular flexibility index (Phi) is 4.46. The fourth-order valence-corrected chi connectivity index (χ4v) is 2.73. The molecule has 0 saturated carbocycles. The third-order valence-corrected chi connectivity index (χ3v) is 3.87. The Balaban J connectivity index is 2.38. The first-order valence-electron chi connectivity index (χ1n) is 6.41. The highest BCUT2D eigenvalue weighted by Gasteiger charge is 2.59. The highest BCUT2D eigenvalue weighted by atomic mass is 35.5. The summed E-state index contributed by atoms with van der Waals surface area (Å²) in [7, 11) is 0. The van der Waals surface area contributed by atoms with Crippen LogP contribution >= 0.6 is 11.6 Å². The van der Waals surface area contributed by atoms with Gasteiger partial charge in [-0.3, -0.25) is 4.90 Å². The molecule has 8 heteroatoms. The van der Waals surface area contributed by atoms with Crippen LogP contribution in [0.1, 0.15) is 13.8 Å². The highest BCUT2D eigenvalue weighted by molar-refractivity contribution is 6.27. The Labute approximate surface area is 127 Å². The number of rotatable bonds is 2. The van der Waals surface area contributed by atoms with Crippen LogP contribution in [0.15, 0.2) is 12.3 Å². The van der Waals surface area contributed by atoms with E-state index in [1.54, 1.807) is 6.92 Å². The van der Waals surface area contributed by atoms with Crippen molar-refractivity contribution in [1.29, 1.82) is 0 Å². The quantitative estimate of drug-likeness (QED) is 0.399. The molecule has 0 aliphatic carbocycles. The summed E-state index contributed by atoms with van der Waals surface area (Å²) in [5.74, 6) is 5.24. The minimum absolute atomic E-state index is 0.642. The van der Waals surface area contributed by atoms with Crippen molar-refractivity contribution in [3.8, 4) is 11.8 Å². The minimum atomic E-state index is -1.58. The molecule has 6 atom stereocenters. The Morgan fingerprint density at radius 1 is 1.57 bits per heavy atom. The maximum Gasteiger partial charge on any atom is 0.325 e. The number of hydrogen-bond acceptors (Lipinski definition) is 5. The van der Waals surface area contributed by atoms with Crippen LogP contribution in [0.3, 0.4) is 0 Å². The van der Waals surface area contributed by atoms with E-state index in [4.69, 9.17) is 16.3 Å². The number of carbonyl (C=O) groups is 1. The molecule has 1 fully saturated rings. The Bertz CT molecular complexity index is 514. The summed E-state index contributed by atoms with van der Waals surface area (Å²) in [6, 6.07) is -0.642. The van der Waals surface area contributed by atoms with E-state index in [9.17, 15) is 20.1 Å². The summed E-state index contributed by atoms with van der Waals surface area (Å²) >= 11 is 6.38. The molecule has 7 nitrogen and oxygen atoms in total. The number of halogens is 1. The number of amides is 2. The second-order valence-electron chi connectivity index (χ2n) is 4.92. The van der Waals surface area contributed by atoms with Crippen molar-refractivity contribution in [2.45, 2.75) is 49.5 Å². The predicted molar refractivity (Wildman–Crippen MR) is 73.9 cm³/mol. The number of aliphatic hydroxyl groups excluding tert-OH is 3. The summed E-state index contributed by atoms with van der Waals surface area (Å²) in [5, 5.41) is 31.6. The zero-order chi connectivity index (χ0) is 15.8. The van der Waals surface area contributed by atoms with Crippen molar-refractivity contribution in [3.63, 3.8) is 0 Å². The minimum Gasteiger partial charge on any atom is -0.391 e. The van der Waals surface area contributed by atoms with Crippen LogP contribution in [-0.2, 0) is 4.74 Å². The molecule has 0 bridgehead atoms. The average molecular weight is 317 g/mol. The third-order valence-electron chi connectivity index (χ3n) is 3.37. The molecule has 0 aromatic heterocycles. The number of ether oxygens (including phenoxy) is 1. The maximum absolute atomic E-state index is 11.9. The van der Waals surface area contributed by atoms with Crippen molar-refractivity contribution >= 4 is 17.6 Å². The van der Waals surface area contributed by atoms with Gasteiger partial charge in [-0.25, -0.2) is 4.79 Å². The van der Waals surface area contributed by atoms with E-state index in [0.29, 0.717) is 0 Å². The summed E-state index contributed by atoms with van der Waals surface area (Å²) in [5.41, 5.74) is 0. The molecule has 116 valence electrons. The number of nitrogens with one attached hydrogen (secondary N) is 1. The highest BCUT2D eigenvalue weighted by Crippen LogP contribution is 2.40. The van der Waals surface area contributed by atoms with Crippen LogP contribution in [0.2, 0.25) is 0 Å². The molecule has 2 unspecified atom stereocenters. The SMILES string of the molecule is CC#CC1(Cl)[C@@H](O)[C@@H]([C@H](C)O)O[C@H]1N1C=CC(O)NC1=O. The fraction of sp³-hybridized carbons (Fsp3) is 0.615. The van der Waals surface area contributed by atoms with Crippen LogP contribution in [0.25, 0.3) is 0 Å². The number of alkyl halides is 1. The first-order chi connectivity index (χ1) is 9.81. The van der Waals surface area contributed by atoms with Crippen LogP contribution in [-0.4, -0.2) is 61.9 Å². The predicted octanol–water partition coefficient (Wildman–Crippen LogP) is -0.689. The monoisotopic (exact) mass is 316 g/mol. The third kappa shape index (κ3) is 2.73. The second-order valence-corrected chi connectivity index (χ2v) is 5.55. The molecule has 2 heterocycles. The van der Waals surface area contributed by atoms with Crippen molar-refractivity contribution in [3.05, 3.63) is 12.3 Å². The van der Waals surface area contributed by atoms with Gasteiger partial charge in [0.2, 0.25) is 0 Å². The van der Waals surface area contributed by atoms with Gasteiger partial charge >= 0.3 is 6.03 Å². The first-order valence-corrected chi connectivity index (χ1v) is 6.78. The lowest BCUT2D eigenvalue weighted by molar-refractivity contribution is -0.0836. The number of aliphatic hydroxyl groups is 3. The van der Waals surface area contributed by atoms with E-state index < -0.39 is 41.7 Å². The standard InChI is InChI=1S/C13H17ClN2O5/c1-3-5-13(14)10(19)9(7(2)17)21-11(13)16-6-4-8(18)15-12(16)20/h4,6-11,17-19H,1-2H3,(H,15,20)/t7-,8?,9+,10-,11+,13?/m0/s1. The topological polar surface area (TPSA) is 102 Å². The van der Waals surface area contributed by atoms with Gasteiger partial charge in [0.1, 0.15) is 18.4 Å². The van der Waals surface area contributed by atoms with Crippen LogP contribution in [0, 0.1) is 11.8 Å². The molecular formula is C13H17ClN2O5. The van der Waals surface area contributed by atoms with Crippen molar-refractivity contribution in [2.75, 3.05) is 0 Å². The van der Waals surface area contributed by atoms with Crippen LogP contribution < -0.4 is 5.32 Å². The molecule has 2 aliphatic heterocycles. The van der Waals surface area contributed by atoms with E-state index in [1.165, 1.54) is 19.2 Å². The molecule has 2 aliphatic rings. The van der Waals surface area contributed by atoms with Crippen molar-refractivity contribution in [2.24, 2.45) is 0 Å². The molecule has 0 radical (unpaired) electrons. The molecule has 0 spiro atoms. The van der Waals surface area contributed by atoms with Crippen LogP contribution in [0.4, 0.5) is 4.79 Å². The zero-order valence-electron chi connectivity index (χ0n) is 11.5. The smallest absolute Gasteiger partial charge is 0.325 e.